The minimum absolute atomic E-state index is 0. The number of carbonyl (C=O) groups is 1. The number of hydrogen-bond donors (Lipinski definition) is 3. The van der Waals surface area contributed by atoms with E-state index in [0.717, 1.165) is 25.9 Å². The molecule has 0 spiro atoms. The summed E-state index contributed by atoms with van der Waals surface area (Å²) in [5, 5.41) is 5.89. The number of rotatable bonds is 6. The largest absolute Gasteiger partial charge is 0.495 e. The fourth-order valence-electron chi connectivity index (χ4n) is 2.89. The number of ether oxygens (including phenoxy) is 2. The van der Waals surface area contributed by atoms with Crippen LogP contribution in [0.3, 0.4) is 0 Å². The second-order valence-electron chi connectivity index (χ2n) is 5.88. The molecule has 1 fully saturated rings. The molecule has 1 aromatic rings. The number of benzene rings is 1. The summed E-state index contributed by atoms with van der Waals surface area (Å²) in [6.07, 6.45) is 1.85. The predicted octanol–water partition coefficient (Wildman–Crippen LogP) is 0.726. The molecule has 3 N–H and O–H groups in total. The Hall–Kier alpha value is -1.55. The molecule has 0 aromatic heterocycles. The first-order valence-electron chi connectivity index (χ1n) is 7.84. The molecule has 140 valence electrons. The molecule has 1 saturated heterocycles. The molecule has 2 aliphatic heterocycles. The van der Waals surface area contributed by atoms with Gasteiger partial charge in [-0.2, -0.15) is 0 Å². The third kappa shape index (κ3) is 4.55. The van der Waals surface area contributed by atoms with Crippen molar-refractivity contribution in [3.05, 3.63) is 12.1 Å². The number of fused-ring (bicyclic) bond motifs is 1. The van der Waals surface area contributed by atoms with Gasteiger partial charge in [-0.3, -0.25) is 4.79 Å². The molecule has 2 aliphatic rings. The molecule has 2 heterocycles. The van der Waals surface area contributed by atoms with Crippen molar-refractivity contribution in [2.24, 2.45) is 5.92 Å². The highest BCUT2D eigenvalue weighted by Crippen LogP contribution is 2.37. The standard InChI is InChI=1S/C15H21N3O5S.ClH/c1-22-13-6-11-12(23-9-15(19)18-11)7-14(13)24(20,21)17-5-3-10-2-4-16-8-10;/h6-7,10,16-17H,2-5,8-9H2,1H3,(H,18,19);1H. The lowest BCUT2D eigenvalue weighted by atomic mass is 10.1. The van der Waals surface area contributed by atoms with Crippen molar-refractivity contribution in [2.45, 2.75) is 17.7 Å². The van der Waals surface area contributed by atoms with E-state index in [1.165, 1.54) is 19.2 Å². The third-order valence-corrected chi connectivity index (χ3v) is 5.68. The molecule has 8 nitrogen and oxygen atoms in total. The quantitative estimate of drug-likeness (QED) is 0.660. The predicted molar refractivity (Wildman–Crippen MR) is 95.1 cm³/mol. The summed E-state index contributed by atoms with van der Waals surface area (Å²) in [6.45, 7) is 2.14. The maximum absolute atomic E-state index is 12.6. The second kappa shape index (κ2) is 8.22. The molecule has 25 heavy (non-hydrogen) atoms. The zero-order chi connectivity index (χ0) is 17.2. The van der Waals surface area contributed by atoms with Gasteiger partial charge >= 0.3 is 0 Å². The highest BCUT2D eigenvalue weighted by molar-refractivity contribution is 7.89. The number of halogens is 1. The summed E-state index contributed by atoms with van der Waals surface area (Å²) in [6, 6.07) is 2.84. The van der Waals surface area contributed by atoms with E-state index >= 15 is 0 Å². The number of methoxy groups -OCH3 is 1. The summed E-state index contributed by atoms with van der Waals surface area (Å²) in [5.41, 5.74) is 0.402. The Kier molecular flexibility index (Phi) is 6.50. The van der Waals surface area contributed by atoms with E-state index in [2.05, 4.69) is 15.4 Å². The molecule has 1 aromatic carbocycles. The zero-order valence-electron chi connectivity index (χ0n) is 13.8. The summed E-state index contributed by atoms with van der Waals surface area (Å²) in [4.78, 5) is 11.4. The van der Waals surface area contributed by atoms with Crippen LogP contribution in [0.1, 0.15) is 12.8 Å². The Morgan fingerprint density at radius 1 is 1.40 bits per heavy atom. The van der Waals surface area contributed by atoms with Crippen LogP contribution < -0.4 is 24.8 Å². The van der Waals surface area contributed by atoms with Gasteiger partial charge in [-0.25, -0.2) is 13.1 Å². The summed E-state index contributed by atoms with van der Waals surface area (Å²) in [5.74, 6) is 0.686. The molecule has 0 aliphatic carbocycles. The van der Waals surface area contributed by atoms with Gasteiger partial charge in [0.2, 0.25) is 10.0 Å². The van der Waals surface area contributed by atoms with Crippen LogP contribution in [0.4, 0.5) is 5.69 Å². The monoisotopic (exact) mass is 391 g/mol. The molecular weight excluding hydrogens is 370 g/mol. The summed E-state index contributed by atoms with van der Waals surface area (Å²) >= 11 is 0. The van der Waals surface area contributed by atoms with Crippen LogP contribution in [0.5, 0.6) is 11.5 Å². The van der Waals surface area contributed by atoms with E-state index in [1.54, 1.807) is 0 Å². The minimum atomic E-state index is -3.73. The molecular formula is C15H22ClN3O5S. The van der Waals surface area contributed by atoms with E-state index < -0.39 is 10.0 Å². The van der Waals surface area contributed by atoms with Crippen LogP contribution in [0.15, 0.2) is 17.0 Å². The van der Waals surface area contributed by atoms with Gasteiger partial charge < -0.3 is 20.1 Å². The molecule has 0 saturated carbocycles. The number of nitrogens with one attached hydrogen (secondary N) is 3. The van der Waals surface area contributed by atoms with Crippen LogP contribution in [-0.4, -0.2) is 47.7 Å². The van der Waals surface area contributed by atoms with Crippen LogP contribution in [0.2, 0.25) is 0 Å². The van der Waals surface area contributed by atoms with Gasteiger partial charge in [-0.15, -0.1) is 12.4 Å². The molecule has 3 rings (SSSR count). The number of hydrogen-bond acceptors (Lipinski definition) is 6. The van der Waals surface area contributed by atoms with Crippen molar-refractivity contribution in [3.8, 4) is 11.5 Å². The van der Waals surface area contributed by atoms with Crippen LogP contribution >= 0.6 is 12.4 Å². The van der Waals surface area contributed by atoms with Crippen LogP contribution in [0.25, 0.3) is 0 Å². The number of carbonyl (C=O) groups excluding carboxylic acids is 1. The molecule has 0 radical (unpaired) electrons. The van der Waals surface area contributed by atoms with Crippen molar-refractivity contribution < 1.29 is 22.7 Å². The van der Waals surface area contributed by atoms with E-state index in [4.69, 9.17) is 9.47 Å². The maximum Gasteiger partial charge on any atom is 0.262 e. The molecule has 1 atom stereocenters. The Morgan fingerprint density at radius 2 is 2.20 bits per heavy atom. The van der Waals surface area contributed by atoms with Gasteiger partial charge in [0.05, 0.1) is 12.8 Å². The van der Waals surface area contributed by atoms with Gasteiger partial charge in [0, 0.05) is 18.7 Å². The number of amides is 1. The van der Waals surface area contributed by atoms with Gasteiger partial charge in [-0.05, 0) is 31.8 Å². The van der Waals surface area contributed by atoms with Crippen LogP contribution in [0, 0.1) is 5.92 Å². The molecule has 1 unspecified atom stereocenters. The number of anilines is 1. The normalized spacial score (nSPS) is 19.4. The smallest absolute Gasteiger partial charge is 0.262 e. The van der Waals surface area contributed by atoms with Gasteiger partial charge in [0.15, 0.2) is 6.61 Å². The van der Waals surface area contributed by atoms with Crippen molar-refractivity contribution in [2.75, 3.05) is 38.7 Å². The van der Waals surface area contributed by atoms with Gasteiger partial charge in [0.25, 0.3) is 5.91 Å². The van der Waals surface area contributed by atoms with Crippen molar-refractivity contribution in [1.82, 2.24) is 10.0 Å². The van der Waals surface area contributed by atoms with E-state index in [1.807, 2.05) is 0 Å². The van der Waals surface area contributed by atoms with Crippen LogP contribution in [-0.2, 0) is 14.8 Å². The SMILES string of the molecule is COc1cc2c(cc1S(=O)(=O)NCCC1CCNC1)OCC(=O)N2.Cl. The fraction of sp³-hybridized carbons (Fsp3) is 0.533. The maximum atomic E-state index is 12.6. The van der Waals surface area contributed by atoms with Crippen molar-refractivity contribution in [1.29, 1.82) is 0 Å². The lowest BCUT2D eigenvalue weighted by molar-refractivity contribution is -0.118. The van der Waals surface area contributed by atoms with Gasteiger partial charge in [0.1, 0.15) is 16.4 Å². The lowest BCUT2D eigenvalue weighted by Gasteiger charge is -2.20. The van der Waals surface area contributed by atoms with Crippen molar-refractivity contribution >= 4 is 34.0 Å². The average molecular weight is 392 g/mol. The molecule has 0 bridgehead atoms. The highest BCUT2D eigenvalue weighted by atomic mass is 35.5. The Morgan fingerprint density at radius 3 is 2.88 bits per heavy atom. The summed E-state index contributed by atoms with van der Waals surface area (Å²) in [7, 11) is -2.34. The van der Waals surface area contributed by atoms with Crippen molar-refractivity contribution in [3.63, 3.8) is 0 Å². The zero-order valence-corrected chi connectivity index (χ0v) is 15.5. The average Bonchev–Trinajstić information content (AvgIpc) is 3.06. The van der Waals surface area contributed by atoms with E-state index in [-0.39, 0.29) is 35.6 Å². The topological polar surface area (TPSA) is 106 Å². The number of sulfonamides is 1. The lowest BCUT2D eigenvalue weighted by Crippen LogP contribution is -2.28. The Balaban J connectivity index is 0.00000225. The fourth-order valence-corrected chi connectivity index (χ4v) is 4.10. The second-order valence-corrected chi connectivity index (χ2v) is 7.62. The molecule has 1 amide bonds. The van der Waals surface area contributed by atoms with E-state index in [0.29, 0.717) is 23.9 Å². The minimum Gasteiger partial charge on any atom is -0.495 e. The third-order valence-electron chi connectivity index (χ3n) is 4.20. The Labute approximate surface area is 153 Å². The first-order valence-corrected chi connectivity index (χ1v) is 9.33. The Bertz CT molecular complexity index is 735. The first kappa shape index (κ1) is 19.8. The summed E-state index contributed by atoms with van der Waals surface area (Å²) < 4.78 is 38.3. The molecule has 10 heteroatoms. The highest BCUT2D eigenvalue weighted by Gasteiger charge is 2.26. The van der Waals surface area contributed by atoms with E-state index in [9.17, 15) is 13.2 Å². The first-order chi connectivity index (χ1) is 11.5. The van der Waals surface area contributed by atoms with Gasteiger partial charge in [-0.1, -0.05) is 0 Å².